The number of fused-ring (bicyclic) bond motifs is 1. The number of carbonyl (C=O) groups is 2. The van der Waals surface area contributed by atoms with E-state index < -0.39 is 18.5 Å². The number of nitrogens with zero attached hydrogens (tertiary/aromatic N) is 1. The van der Waals surface area contributed by atoms with Crippen LogP contribution in [0.15, 0.2) is 42.5 Å². The number of ether oxygens (including phenoxy) is 2. The Kier molecular flexibility index (Phi) is 5.49. The van der Waals surface area contributed by atoms with Crippen LogP contribution in [0, 0.1) is 11.3 Å². The first-order valence-electron chi connectivity index (χ1n) is 8.35. The molecule has 1 aliphatic carbocycles. The minimum absolute atomic E-state index is 0.263. The van der Waals surface area contributed by atoms with Crippen molar-refractivity contribution < 1.29 is 19.1 Å². The molecule has 2 aromatic carbocycles. The molecule has 6 nitrogen and oxygen atoms in total. The number of rotatable bonds is 6. The number of nitrogens with one attached hydrogen (secondary N) is 1. The molecule has 2 aromatic rings. The summed E-state index contributed by atoms with van der Waals surface area (Å²) in [5, 5.41) is 11.5. The van der Waals surface area contributed by atoms with Gasteiger partial charge in [0.1, 0.15) is 11.8 Å². The molecule has 0 fully saturated rings. The number of benzene rings is 2. The summed E-state index contributed by atoms with van der Waals surface area (Å²) < 4.78 is 10.3. The summed E-state index contributed by atoms with van der Waals surface area (Å²) in [6.07, 6.45) is 3.26. The van der Waals surface area contributed by atoms with E-state index in [4.69, 9.17) is 14.7 Å². The average Bonchev–Trinajstić information content (AvgIpc) is 3.13. The van der Waals surface area contributed by atoms with Crippen molar-refractivity contribution in [2.24, 2.45) is 0 Å². The quantitative estimate of drug-likeness (QED) is 0.809. The summed E-state index contributed by atoms with van der Waals surface area (Å²) in [4.78, 5) is 23.6. The van der Waals surface area contributed by atoms with Crippen molar-refractivity contribution in [2.45, 2.75) is 19.3 Å². The van der Waals surface area contributed by atoms with Crippen LogP contribution in [0.1, 0.15) is 23.1 Å². The first kappa shape index (κ1) is 17.5. The number of esters is 1. The first-order chi connectivity index (χ1) is 12.7. The van der Waals surface area contributed by atoms with Crippen molar-refractivity contribution >= 4 is 17.6 Å². The maximum atomic E-state index is 11.8. The highest BCUT2D eigenvalue weighted by Gasteiger charge is 2.13. The number of carbonyl (C=O) groups excluding carboxylic acids is 2. The molecule has 1 N–H and O–H groups in total. The SMILES string of the molecule is N#Cc1ccccc1NC(=O)COC(=O)COc1ccc2c(c1)CCC2. The minimum Gasteiger partial charge on any atom is -0.482 e. The van der Waals surface area contributed by atoms with Crippen molar-refractivity contribution in [3.63, 3.8) is 0 Å². The van der Waals surface area contributed by atoms with E-state index >= 15 is 0 Å². The van der Waals surface area contributed by atoms with Crippen LogP contribution < -0.4 is 10.1 Å². The van der Waals surface area contributed by atoms with Gasteiger partial charge in [-0.3, -0.25) is 4.79 Å². The molecule has 1 aliphatic rings. The third-order valence-corrected chi connectivity index (χ3v) is 4.11. The lowest BCUT2D eigenvalue weighted by molar-refractivity contribution is -0.149. The van der Waals surface area contributed by atoms with Gasteiger partial charge in [-0.05, 0) is 54.7 Å². The molecule has 0 spiro atoms. The van der Waals surface area contributed by atoms with Crippen LogP contribution in [0.5, 0.6) is 5.75 Å². The molecule has 0 saturated carbocycles. The number of aryl methyl sites for hydroxylation is 2. The number of anilines is 1. The van der Waals surface area contributed by atoms with Crippen molar-refractivity contribution in [3.05, 3.63) is 59.2 Å². The molecule has 0 bridgehead atoms. The van der Waals surface area contributed by atoms with Gasteiger partial charge >= 0.3 is 5.97 Å². The van der Waals surface area contributed by atoms with Crippen LogP contribution in [0.25, 0.3) is 0 Å². The van der Waals surface area contributed by atoms with Gasteiger partial charge in [0, 0.05) is 0 Å². The van der Waals surface area contributed by atoms with E-state index in [1.807, 2.05) is 24.3 Å². The molecule has 26 heavy (non-hydrogen) atoms. The molecule has 0 radical (unpaired) electrons. The Labute approximate surface area is 151 Å². The Morgan fingerprint density at radius 3 is 2.73 bits per heavy atom. The third kappa shape index (κ3) is 4.39. The highest BCUT2D eigenvalue weighted by atomic mass is 16.6. The molecule has 6 heteroatoms. The van der Waals surface area contributed by atoms with Gasteiger partial charge < -0.3 is 14.8 Å². The summed E-state index contributed by atoms with van der Waals surface area (Å²) in [6.45, 7) is -0.701. The maximum Gasteiger partial charge on any atom is 0.344 e. The summed E-state index contributed by atoms with van der Waals surface area (Å²) >= 11 is 0. The smallest absolute Gasteiger partial charge is 0.344 e. The number of hydrogen-bond acceptors (Lipinski definition) is 5. The van der Waals surface area contributed by atoms with Gasteiger partial charge in [-0.15, -0.1) is 0 Å². The number of para-hydroxylation sites is 1. The van der Waals surface area contributed by atoms with Crippen molar-refractivity contribution in [2.75, 3.05) is 18.5 Å². The van der Waals surface area contributed by atoms with Gasteiger partial charge in [-0.25, -0.2) is 4.79 Å². The van der Waals surface area contributed by atoms with Gasteiger partial charge in [0.2, 0.25) is 0 Å². The predicted molar refractivity (Wildman–Crippen MR) is 94.7 cm³/mol. The van der Waals surface area contributed by atoms with Crippen LogP contribution in [-0.4, -0.2) is 25.1 Å². The summed E-state index contributed by atoms with van der Waals surface area (Å²) in [6, 6.07) is 14.4. The monoisotopic (exact) mass is 350 g/mol. The van der Waals surface area contributed by atoms with Gasteiger partial charge in [-0.1, -0.05) is 18.2 Å². The van der Waals surface area contributed by atoms with Crippen LogP contribution in [0.4, 0.5) is 5.69 Å². The Bertz CT molecular complexity index is 870. The topological polar surface area (TPSA) is 88.4 Å². The van der Waals surface area contributed by atoms with E-state index in [-0.39, 0.29) is 6.61 Å². The number of hydrogen-bond donors (Lipinski definition) is 1. The van der Waals surface area contributed by atoms with Gasteiger partial charge in [0.25, 0.3) is 5.91 Å². The van der Waals surface area contributed by atoms with Crippen LogP contribution >= 0.6 is 0 Å². The summed E-state index contributed by atoms with van der Waals surface area (Å²) in [5.41, 5.74) is 3.30. The lowest BCUT2D eigenvalue weighted by Gasteiger charge is -2.09. The second kappa shape index (κ2) is 8.17. The first-order valence-corrected chi connectivity index (χ1v) is 8.35. The van der Waals surface area contributed by atoms with E-state index in [0.717, 1.165) is 19.3 Å². The molecule has 0 aliphatic heterocycles. The van der Waals surface area contributed by atoms with Gasteiger partial charge in [0.05, 0.1) is 11.3 Å². The predicted octanol–water partition coefficient (Wildman–Crippen LogP) is 2.61. The van der Waals surface area contributed by atoms with E-state index in [9.17, 15) is 9.59 Å². The zero-order valence-electron chi connectivity index (χ0n) is 14.2. The highest BCUT2D eigenvalue weighted by molar-refractivity contribution is 5.94. The minimum atomic E-state index is -0.630. The van der Waals surface area contributed by atoms with Crippen molar-refractivity contribution in [3.8, 4) is 11.8 Å². The largest absolute Gasteiger partial charge is 0.482 e. The maximum absolute atomic E-state index is 11.8. The fraction of sp³-hybridized carbons (Fsp3) is 0.250. The molecular formula is C20H18N2O4. The third-order valence-electron chi connectivity index (χ3n) is 4.11. The Morgan fingerprint density at radius 2 is 1.88 bits per heavy atom. The van der Waals surface area contributed by atoms with E-state index in [0.29, 0.717) is 17.0 Å². The fourth-order valence-electron chi connectivity index (χ4n) is 2.84. The molecule has 132 valence electrons. The second-order valence-electron chi connectivity index (χ2n) is 5.94. The van der Waals surface area contributed by atoms with Crippen molar-refractivity contribution in [1.82, 2.24) is 0 Å². The van der Waals surface area contributed by atoms with Crippen LogP contribution in [0.2, 0.25) is 0 Å². The van der Waals surface area contributed by atoms with Crippen LogP contribution in [0.3, 0.4) is 0 Å². The van der Waals surface area contributed by atoms with Crippen LogP contribution in [-0.2, 0) is 27.2 Å². The highest BCUT2D eigenvalue weighted by Crippen LogP contribution is 2.25. The lowest BCUT2D eigenvalue weighted by Crippen LogP contribution is -2.24. The summed E-state index contributed by atoms with van der Waals surface area (Å²) in [5.74, 6) is -0.525. The molecule has 0 atom stereocenters. The molecule has 1 amide bonds. The molecule has 3 rings (SSSR count). The van der Waals surface area contributed by atoms with Gasteiger partial charge in [-0.2, -0.15) is 5.26 Å². The van der Waals surface area contributed by atoms with E-state index in [1.54, 1.807) is 24.3 Å². The normalized spacial score (nSPS) is 12.0. The molecule has 0 heterocycles. The average molecular weight is 350 g/mol. The standard InChI is InChI=1S/C20H18N2O4/c21-11-16-4-1-2-7-18(16)22-19(23)12-26-20(24)13-25-17-9-8-14-5-3-6-15(14)10-17/h1-2,4,7-10H,3,5-6,12-13H2,(H,22,23). The van der Waals surface area contributed by atoms with E-state index in [2.05, 4.69) is 5.32 Å². The molecular weight excluding hydrogens is 332 g/mol. The number of amides is 1. The van der Waals surface area contributed by atoms with Gasteiger partial charge in [0.15, 0.2) is 13.2 Å². The molecule has 0 aromatic heterocycles. The summed E-state index contributed by atoms with van der Waals surface area (Å²) in [7, 11) is 0. The Hall–Kier alpha value is -3.33. The zero-order valence-corrected chi connectivity index (χ0v) is 14.2. The fourth-order valence-corrected chi connectivity index (χ4v) is 2.84. The second-order valence-corrected chi connectivity index (χ2v) is 5.94. The van der Waals surface area contributed by atoms with Crippen molar-refractivity contribution in [1.29, 1.82) is 5.26 Å². The Balaban J connectivity index is 1.44. The number of nitriles is 1. The Morgan fingerprint density at radius 1 is 1.08 bits per heavy atom. The molecule has 0 unspecified atom stereocenters. The lowest BCUT2D eigenvalue weighted by atomic mass is 10.1. The zero-order chi connectivity index (χ0) is 18.4. The van der Waals surface area contributed by atoms with E-state index in [1.165, 1.54) is 11.1 Å². The molecule has 0 saturated heterocycles.